The van der Waals surface area contributed by atoms with E-state index in [0.29, 0.717) is 47.1 Å². The van der Waals surface area contributed by atoms with E-state index >= 15 is 0 Å². The van der Waals surface area contributed by atoms with Crippen LogP contribution in [0, 0.1) is 0 Å². The quantitative estimate of drug-likeness (QED) is 0.287. The lowest BCUT2D eigenvalue weighted by Gasteiger charge is -2.13. The fourth-order valence-corrected chi connectivity index (χ4v) is 4.26. The van der Waals surface area contributed by atoms with Crippen molar-refractivity contribution in [2.45, 2.75) is 20.3 Å². The third-order valence-corrected chi connectivity index (χ3v) is 5.69. The number of thiocarbonyl (C=S) groups is 1. The highest BCUT2D eigenvalue weighted by Gasteiger charge is 2.30. The van der Waals surface area contributed by atoms with Crippen molar-refractivity contribution in [3.05, 3.63) is 59.0 Å². The molecule has 1 heterocycles. The number of benzene rings is 2. The zero-order valence-electron chi connectivity index (χ0n) is 17.1. The molecule has 0 aromatic heterocycles. The maximum atomic E-state index is 12.4. The molecular formula is C23H25NO4S2. The maximum Gasteiger partial charge on any atom is 0.266 e. The Labute approximate surface area is 187 Å². The van der Waals surface area contributed by atoms with Gasteiger partial charge in [0.25, 0.3) is 5.91 Å². The van der Waals surface area contributed by atoms with Gasteiger partial charge >= 0.3 is 0 Å². The van der Waals surface area contributed by atoms with E-state index in [9.17, 15) is 4.79 Å². The number of carbonyl (C=O) groups is 1. The Morgan fingerprint density at radius 3 is 2.47 bits per heavy atom. The van der Waals surface area contributed by atoms with Gasteiger partial charge in [-0.2, -0.15) is 0 Å². The molecule has 0 radical (unpaired) electrons. The van der Waals surface area contributed by atoms with Crippen LogP contribution in [0.2, 0.25) is 0 Å². The molecule has 2 aromatic carbocycles. The molecule has 0 unspecified atom stereocenters. The Hall–Kier alpha value is -2.51. The first-order valence-electron chi connectivity index (χ1n) is 9.95. The second kappa shape index (κ2) is 11.0. The predicted octanol–water partition coefficient (Wildman–Crippen LogP) is 5.15. The Kier molecular flexibility index (Phi) is 8.16. The van der Waals surface area contributed by atoms with Crippen LogP contribution in [0.4, 0.5) is 0 Å². The molecule has 1 aliphatic heterocycles. The smallest absolute Gasteiger partial charge is 0.266 e. The zero-order chi connectivity index (χ0) is 21.3. The average Bonchev–Trinajstić information content (AvgIpc) is 3.02. The number of para-hydroxylation sites is 1. The molecule has 0 spiro atoms. The van der Waals surface area contributed by atoms with Gasteiger partial charge in [0.2, 0.25) is 0 Å². The van der Waals surface area contributed by atoms with Crippen LogP contribution >= 0.6 is 24.0 Å². The highest BCUT2D eigenvalue weighted by atomic mass is 32.2. The topological polar surface area (TPSA) is 48.0 Å². The zero-order valence-corrected chi connectivity index (χ0v) is 18.8. The van der Waals surface area contributed by atoms with Crippen molar-refractivity contribution < 1.29 is 19.0 Å². The normalized spacial score (nSPS) is 15.0. The van der Waals surface area contributed by atoms with E-state index in [0.717, 1.165) is 17.7 Å². The SMILES string of the molecule is CCOc1cc(/C=C2/SC(=S)N(CC)C2=O)ccc1OCCCOc1ccccc1. The van der Waals surface area contributed by atoms with Gasteiger partial charge in [-0.05, 0) is 49.8 Å². The Bertz CT molecular complexity index is 915. The van der Waals surface area contributed by atoms with Gasteiger partial charge in [-0.3, -0.25) is 9.69 Å². The van der Waals surface area contributed by atoms with Crippen LogP contribution in [0.5, 0.6) is 17.2 Å². The summed E-state index contributed by atoms with van der Waals surface area (Å²) in [7, 11) is 0. The van der Waals surface area contributed by atoms with E-state index in [1.54, 1.807) is 4.90 Å². The molecular weight excluding hydrogens is 418 g/mol. The van der Waals surface area contributed by atoms with Crippen molar-refractivity contribution in [1.29, 1.82) is 0 Å². The number of carbonyl (C=O) groups excluding carboxylic acids is 1. The number of hydrogen-bond donors (Lipinski definition) is 0. The fraction of sp³-hybridized carbons (Fsp3) is 0.304. The van der Waals surface area contributed by atoms with E-state index in [4.69, 9.17) is 26.4 Å². The monoisotopic (exact) mass is 443 g/mol. The van der Waals surface area contributed by atoms with Crippen LogP contribution < -0.4 is 14.2 Å². The molecule has 0 atom stereocenters. The van der Waals surface area contributed by atoms with Crippen LogP contribution in [-0.2, 0) is 4.79 Å². The number of hydrogen-bond acceptors (Lipinski definition) is 6. The molecule has 0 aliphatic carbocycles. The maximum absolute atomic E-state index is 12.4. The van der Waals surface area contributed by atoms with E-state index < -0.39 is 0 Å². The summed E-state index contributed by atoms with van der Waals surface area (Å²) in [4.78, 5) is 14.6. The third kappa shape index (κ3) is 5.77. The standard InChI is InChI=1S/C23H25NO4S2/c1-3-24-22(25)21(30-23(24)29)16-17-11-12-19(20(15-17)26-4-2)28-14-8-13-27-18-9-6-5-7-10-18/h5-7,9-12,15-16H,3-4,8,13-14H2,1-2H3/b21-16+. The van der Waals surface area contributed by atoms with Crippen molar-refractivity contribution in [1.82, 2.24) is 4.90 Å². The summed E-state index contributed by atoms with van der Waals surface area (Å²) in [6.45, 7) is 6.03. The van der Waals surface area contributed by atoms with E-state index in [-0.39, 0.29) is 5.91 Å². The van der Waals surface area contributed by atoms with Crippen molar-refractivity contribution in [3.8, 4) is 17.2 Å². The van der Waals surface area contributed by atoms with Gasteiger partial charge in [0.15, 0.2) is 11.5 Å². The lowest BCUT2D eigenvalue weighted by atomic mass is 10.2. The fourth-order valence-electron chi connectivity index (χ4n) is 2.87. The summed E-state index contributed by atoms with van der Waals surface area (Å²) in [6, 6.07) is 15.4. The average molecular weight is 444 g/mol. The first-order valence-corrected chi connectivity index (χ1v) is 11.2. The lowest BCUT2D eigenvalue weighted by molar-refractivity contribution is -0.121. The van der Waals surface area contributed by atoms with Gasteiger partial charge in [-0.15, -0.1) is 0 Å². The van der Waals surface area contributed by atoms with E-state index in [1.807, 2.05) is 68.5 Å². The minimum absolute atomic E-state index is 0.0517. The van der Waals surface area contributed by atoms with Crippen LogP contribution in [0.25, 0.3) is 6.08 Å². The van der Waals surface area contributed by atoms with Crippen LogP contribution in [0.15, 0.2) is 53.4 Å². The molecule has 1 saturated heterocycles. The number of amides is 1. The molecule has 5 nitrogen and oxygen atoms in total. The highest BCUT2D eigenvalue weighted by Crippen LogP contribution is 2.34. The predicted molar refractivity (Wildman–Crippen MR) is 125 cm³/mol. The summed E-state index contributed by atoms with van der Waals surface area (Å²) in [5, 5.41) is 0. The molecule has 158 valence electrons. The largest absolute Gasteiger partial charge is 0.493 e. The van der Waals surface area contributed by atoms with Gasteiger partial charge in [0, 0.05) is 13.0 Å². The van der Waals surface area contributed by atoms with Gasteiger partial charge in [0.05, 0.1) is 24.7 Å². The molecule has 1 aliphatic rings. The molecule has 0 saturated carbocycles. The Morgan fingerprint density at radius 2 is 1.77 bits per heavy atom. The second-order valence-corrected chi connectivity index (χ2v) is 8.10. The van der Waals surface area contributed by atoms with Crippen LogP contribution in [-0.4, -0.2) is 41.5 Å². The first-order chi connectivity index (χ1) is 14.6. The van der Waals surface area contributed by atoms with Gasteiger partial charge < -0.3 is 14.2 Å². The summed E-state index contributed by atoms with van der Waals surface area (Å²) in [5.41, 5.74) is 0.870. The molecule has 7 heteroatoms. The van der Waals surface area contributed by atoms with Gasteiger partial charge in [-0.1, -0.05) is 48.2 Å². The lowest BCUT2D eigenvalue weighted by Crippen LogP contribution is -2.27. The summed E-state index contributed by atoms with van der Waals surface area (Å²) >= 11 is 6.60. The van der Waals surface area contributed by atoms with Gasteiger partial charge in [0.1, 0.15) is 10.1 Å². The van der Waals surface area contributed by atoms with E-state index in [1.165, 1.54) is 11.8 Å². The first kappa shape index (κ1) is 22.2. The van der Waals surface area contributed by atoms with Crippen molar-refractivity contribution in [2.75, 3.05) is 26.4 Å². The van der Waals surface area contributed by atoms with Crippen LogP contribution in [0.3, 0.4) is 0 Å². The number of likely N-dealkylation sites (N-methyl/N-ethyl adjacent to an activating group) is 1. The van der Waals surface area contributed by atoms with Crippen molar-refractivity contribution in [3.63, 3.8) is 0 Å². The molecule has 2 aromatic rings. The minimum Gasteiger partial charge on any atom is -0.493 e. The Morgan fingerprint density at radius 1 is 1.00 bits per heavy atom. The molecule has 0 N–H and O–H groups in total. The summed E-state index contributed by atoms with van der Waals surface area (Å²) in [6.07, 6.45) is 2.59. The van der Waals surface area contributed by atoms with Crippen LogP contribution in [0.1, 0.15) is 25.8 Å². The van der Waals surface area contributed by atoms with E-state index in [2.05, 4.69) is 0 Å². The van der Waals surface area contributed by atoms with Crippen molar-refractivity contribution >= 4 is 40.3 Å². The number of ether oxygens (including phenoxy) is 3. The molecule has 30 heavy (non-hydrogen) atoms. The summed E-state index contributed by atoms with van der Waals surface area (Å²) < 4.78 is 17.9. The third-order valence-electron chi connectivity index (χ3n) is 4.31. The highest BCUT2D eigenvalue weighted by molar-refractivity contribution is 8.26. The minimum atomic E-state index is -0.0517. The summed E-state index contributed by atoms with van der Waals surface area (Å²) in [5.74, 6) is 2.13. The number of nitrogens with zero attached hydrogens (tertiary/aromatic N) is 1. The second-order valence-electron chi connectivity index (χ2n) is 6.43. The number of rotatable bonds is 10. The van der Waals surface area contributed by atoms with Gasteiger partial charge in [-0.25, -0.2) is 0 Å². The molecule has 1 fully saturated rings. The number of thioether (sulfide) groups is 1. The molecule has 3 rings (SSSR count). The Balaban J connectivity index is 1.60. The molecule has 1 amide bonds. The van der Waals surface area contributed by atoms with Crippen molar-refractivity contribution in [2.24, 2.45) is 0 Å². The molecule has 0 bridgehead atoms.